The summed E-state index contributed by atoms with van der Waals surface area (Å²) in [6.45, 7) is 11.1. The van der Waals surface area contributed by atoms with Gasteiger partial charge in [-0.1, -0.05) is 71.8 Å². The van der Waals surface area contributed by atoms with Crippen LogP contribution in [0.1, 0.15) is 54.1 Å². The van der Waals surface area contributed by atoms with E-state index in [2.05, 4.69) is 0 Å². The Kier molecular flexibility index (Phi) is 6.88. The van der Waals surface area contributed by atoms with E-state index in [1.54, 1.807) is 52.0 Å². The Morgan fingerprint density at radius 3 is 1.50 bits per heavy atom. The van der Waals surface area contributed by atoms with Gasteiger partial charge in [0.2, 0.25) is 0 Å². The Bertz CT molecular complexity index is 1440. The van der Waals surface area contributed by atoms with Gasteiger partial charge in [-0.25, -0.2) is 14.2 Å². The molecule has 0 radical (unpaired) electrons. The van der Waals surface area contributed by atoms with Gasteiger partial charge < -0.3 is 9.05 Å². The van der Waals surface area contributed by atoms with Crippen molar-refractivity contribution in [3.05, 3.63) is 111 Å². The molecule has 0 fully saturated rings. The van der Waals surface area contributed by atoms with Crippen molar-refractivity contribution in [3.8, 4) is 0 Å². The number of benzene rings is 4. The molecule has 36 heavy (non-hydrogen) atoms. The lowest BCUT2D eigenvalue weighted by Gasteiger charge is -2.21. The molecule has 0 heterocycles. The van der Waals surface area contributed by atoms with Gasteiger partial charge in [0.05, 0.1) is 16.4 Å². The molecule has 4 aromatic rings. The van der Waals surface area contributed by atoms with Crippen molar-refractivity contribution < 1.29 is 23.2 Å². The van der Waals surface area contributed by atoms with E-state index in [9.17, 15) is 14.2 Å². The summed E-state index contributed by atoms with van der Waals surface area (Å²) in [5, 5.41) is 1.53. The average molecular weight is 501 g/mol. The van der Waals surface area contributed by atoms with E-state index in [0.717, 1.165) is 16.5 Å². The van der Waals surface area contributed by atoms with Crippen LogP contribution in [0.4, 0.5) is 0 Å². The lowest BCUT2D eigenvalue weighted by Crippen LogP contribution is -2.20. The molecule has 0 aliphatic rings. The molecule has 0 aliphatic carbocycles. The van der Waals surface area contributed by atoms with Gasteiger partial charge in [-0.15, -0.1) is 0 Å². The number of hydrogen-bond donors (Lipinski definition) is 0. The summed E-state index contributed by atoms with van der Waals surface area (Å²) in [4.78, 5) is 26.9. The maximum atomic E-state index is 14.5. The zero-order valence-corrected chi connectivity index (χ0v) is 22.2. The van der Waals surface area contributed by atoms with Crippen molar-refractivity contribution in [3.63, 3.8) is 0 Å². The molecule has 0 saturated carbocycles. The molecule has 184 valence electrons. The molecular weight excluding hydrogens is 471 g/mol. The fraction of sp³-hybridized carbons (Fsp3) is 0.200. The number of aryl methyl sites for hydroxylation is 6. The summed E-state index contributed by atoms with van der Waals surface area (Å²) in [5.41, 5.74) is 5.37. The maximum absolute atomic E-state index is 14.5. The molecule has 5 nitrogen and oxygen atoms in total. The van der Waals surface area contributed by atoms with E-state index < -0.39 is 19.5 Å². The predicted octanol–water partition coefficient (Wildman–Crippen LogP) is 7.22. The minimum absolute atomic E-state index is 0.159. The molecule has 4 rings (SSSR count). The lowest BCUT2D eigenvalue weighted by molar-refractivity contribution is 0.0638. The fourth-order valence-electron chi connectivity index (χ4n) is 4.88. The average Bonchev–Trinajstić information content (AvgIpc) is 2.77. The number of carbonyl (C=O) groups is 2. The number of fused-ring (bicyclic) bond motifs is 1. The van der Waals surface area contributed by atoms with Crippen LogP contribution in [0, 0.1) is 41.5 Å². The molecule has 4 aromatic carbocycles. The Morgan fingerprint density at radius 2 is 1.03 bits per heavy atom. The first kappa shape index (κ1) is 25.4. The van der Waals surface area contributed by atoms with E-state index in [1.165, 1.54) is 0 Å². The van der Waals surface area contributed by atoms with Gasteiger partial charge in [-0.2, -0.15) is 0 Å². The van der Waals surface area contributed by atoms with E-state index in [1.807, 2.05) is 56.3 Å². The number of rotatable bonds is 5. The lowest BCUT2D eigenvalue weighted by atomic mass is 10.0. The van der Waals surface area contributed by atoms with Crippen molar-refractivity contribution in [1.29, 1.82) is 0 Å². The van der Waals surface area contributed by atoms with E-state index in [4.69, 9.17) is 9.05 Å². The zero-order chi connectivity index (χ0) is 26.2. The van der Waals surface area contributed by atoms with Gasteiger partial charge in [0.25, 0.3) is 0 Å². The van der Waals surface area contributed by atoms with Gasteiger partial charge >= 0.3 is 19.5 Å². The number of carbonyl (C=O) groups excluding carboxylic acids is 2. The highest BCUT2D eigenvalue weighted by Gasteiger charge is 2.39. The van der Waals surface area contributed by atoms with E-state index in [0.29, 0.717) is 38.8 Å². The standard InChI is InChI=1S/C30H29O5P/c1-18-14-20(3)27(21(4)15-18)29(31)34-36(33,26-13-9-11-24-10-7-8-12-25(24)26)35-30(32)28-22(5)16-19(2)17-23(28)6/h7-17H,1-6H3. The van der Waals surface area contributed by atoms with Gasteiger partial charge in [0.15, 0.2) is 0 Å². The molecule has 0 atom stereocenters. The van der Waals surface area contributed by atoms with Crippen LogP contribution < -0.4 is 5.30 Å². The molecular formula is C30H29O5P. The predicted molar refractivity (Wildman–Crippen MR) is 143 cm³/mol. The van der Waals surface area contributed by atoms with E-state index >= 15 is 0 Å². The quantitative estimate of drug-likeness (QED) is 0.271. The van der Waals surface area contributed by atoms with Crippen LogP contribution in [0.3, 0.4) is 0 Å². The first-order valence-electron chi connectivity index (χ1n) is 11.7. The van der Waals surface area contributed by atoms with E-state index in [-0.39, 0.29) is 5.30 Å². The van der Waals surface area contributed by atoms with Crippen molar-refractivity contribution >= 4 is 35.6 Å². The Morgan fingerprint density at radius 1 is 0.611 bits per heavy atom. The monoisotopic (exact) mass is 500 g/mol. The summed E-state index contributed by atoms with van der Waals surface area (Å²) in [6, 6.07) is 19.8. The minimum atomic E-state index is -4.46. The summed E-state index contributed by atoms with van der Waals surface area (Å²) in [5.74, 6) is -1.60. The molecule has 0 amide bonds. The Labute approximate surface area is 211 Å². The van der Waals surface area contributed by atoms with Gasteiger partial charge in [0.1, 0.15) is 0 Å². The van der Waals surface area contributed by atoms with Crippen molar-refractivity contribution in [1.82, 2.24) is 0 Å². The molecule has 0 N–H and O–H groups in total. The molecule has 0 aliphatic heterocycles. The topological polar surface area (TPSA) is 69.7 Å². The SMILES string of the molecule is Cc1cc(C)c(C(=O)OP(=O)(OC(=O)c2c(C)cc(C)cc2C)c2cccc3ccccc23)c(C)c1. The van der Waals surface area contributed by atoms with Gasteiger partial charge in [-0.3, -0.25) is 0 Å². The second-order valence-electron chi connectivity index (χ2n) is 9.30. The van der Waals surface area contributed by atoms with Crippen LogP contribution in [0.15, 0.2) is 66.7 Å². The third-order valence-corrected chi connectivity index (χ3v) is 8.02. The van der Waals surface area contributed by atoms with Crippen LogP contribution in [-0.2, 0) is 13.6 Å². The van der Waals surface area contributed by atoms with Crippen molar-refractivity contribution in [2.24, 2.45) is 0 Å². The third-order valence-electron chi connectivity index (χ3n) is 6.23. The first-order valence-corrected chi connectivity index (χ1v) is 13.3. The smallest absolute Gasteiger partial charge is 0.376 e. The molecule has 0 bridgehead atoms. The van der Waals surface area contributed by atoms with Crippen molar-refractivity contribution in [2.75, 3.05) is 0 Å². The second kappa shape index (κ2) is 9.75. The summed E-state index contributed by atoms with van der Waals surface area (Å²) < 4.78 is 25.9. The summed E-state index contributed by atoms with van der Waals surface area (Å²) in [7, 11) is -4.46. The van der Waals surface area contributed by atoms with Crippen molar-refractivity contribution in [2.45, 2.75) is 41.5 Å². The van der Waals surface area contributed by atoms with Crippen LogP contribution in [0.2, 0.25) is 0 Å². The molecule has 0 aromatic heterocycles. The maximum Gasteiger partial charge on any atom is 0.468 e. The second-order valence-corrected chi connectivity index (χ2v) is 11.1. The molecule has 0 saturated heterocycles. The molecule has 0 spiro atoms. The zero-order valence-electron chi connectivity index (χ0n) is 21.3. The normalized spacial score (nSPS) is 11.4. The summed E-state index contributed by atoms with van der Waals surface area (Å²) >= 11 is 0. The number of hydrogen-bond acceptors (Lipinski definition) is 5. The highest BCUT2D eigenvalue weighted by Crippen LogP contribution is 2.50. The Hall–Kier alpha value is -3.69. The molecule has 0 unspecified atom stereocenters. The van der Waals surface area contributed by atoms with Gasteiger partial charge in [0, 0.05) is 0 Å². The third kappa shape index (κ3) is 4.84. The highest BCUT2D eigenvalue weighted by molar-refractivity contribution is 7.63. The van der Waals surface area contributed by atoms with Crippen LogP contribution in [0.25, 0.3) is 10.8 Å². The Balaban J connectivity index is 1.85. The minimum Gasteiger partial charge on any atom is -0.376 e. The van der Waals surface area contributed by atoms with Gasteiger partial charge in [-0.05, 0) is 80.6 Å². The molecule has 6 heteroatoms. The summed E-state index contributed by atoms with van der Waals surface area (Å²) in [6.07, 6.45) is 0. The largest absolute Gasteiger partial charge is 0.468 e. The van der Waals surface area contributed by atoms with Crippen LogP contribution >= 0.6 is 7.60 Å². The fourth-order valence-corrected chi connectivity index (χ4v) is 6.50. The first-order chi connectivity index (χ1) is 17.0. The van der Waals surface area contributed by atoms with Crippen LogP contribution in [0.5, 0.6) is 0 Å². The van der Waals surface area contributed by atoms with Crippen LogP contribution in [-0.4, -0.2) is 11.9 Å². The highest BCUT2D eigenvalue weighted by atomic mass is 31.2.